The number of nitrogens with two attached hydrogens (primary N) is 1. The summed E-state index contributed by atoms with van der Waals surface area (Å²) in [6, 6.07) is 8.71. The Morgan fingerprint density at radius 3 is 2.42 bits per heavy atom. The number of amides is 2. The Morgan fingerprint density at radius 1 is 1.18 bits per heavy atom. The van der Waals surface area contributed by atoms with Gasteiger partial charge in [0.2, 0.25) is 5.91 Å². The van der Waals surface area contributed by atoms with Gasteiger partial charge in [-0.2, -0.15) is 0 Å². The molecule has 0 radical (unpaired) electrons. The zero-order valence-electron chi connectivity index (χ0n) is 19.8. The van der Waals surface area contributed by atoms with Crippen molar-refractivity contribution in [1.29, 1.82) is 0 Å². The summed E-state index contributed by atoms with van der Waals surface area (Å²) in [7, 11) is 0. The predicted octanol–water partition coefficient (Wildman–Crippen LogP) is 3.18. The molecule has 2 amide bonds. The number of carbonyl (C=O) groups is 3. The third-order valence-corrected chi connectivity index (χ3v) is 6.84. The quantitative estimate of drug-likeness (QED) is 0.600. The Kier molecular flexibility index (Phi) is 7.76. The second-order valence-electron chi connectivity index (χ2n) is 8.74. The van der Waals surface area contributed by atoms with E-state index in [0.717, 1.165) is 31.0 Å². The number of hydrogen-bond acceptors (Lipinski definition) is 7. The largest absolute Gasteiger partial charge is 0.459 e. The molecule has 178 valence electrons. The Balaban J connectivity index is 1.67. The molecular weight excluding hydrogens is 440 g/mol. The van der Waals surface area contributed by atoms with Gasteiger partial charge in [-0.3, -0.25) is 14.5 Å². The van der Waals surface area contributed by atoms with Crippen molar-refractivity contribution in [2.45, 2.75) is 46.8 Å². The lowest BCUT2D eigenvalue weighted by atomic mass is 10.1. The number of carbonyl (C=O) groups excluding carboxylic acids is 3. The summed E-state index contributed by atoms with van der Waals surface area (Å²) in [6.45, 7) is 11.8. The van der Waals surface area contributed by atoms with Crippen molar-refractivity contribution in [2.75, 3.05) is 36.4 Å². The highest BCUT2D eigenvalue weighted by atomic mass is 32.1. The number of aryl methyl sites for hydroxylation is 1. The number of anilines is 2. The lowest BCUT2D eigenvalue weighted by Gasteiger charge is -2.41. The van der Waals surface area contributed by atoms with Gasteiger partial charge in [0.15, 0.2) is 0 Å². The van der Waals surface area contributed by atoms with Gasteiger partial charge in [0.05, 0.1) is 23.1 Å². The Bertz CT molecular complexity index is 1030. The van der Waals surface area contributed by atoms with Crippen LogP contribution in [0.3, 0.4) is 0 Å². The SMILES string of the molecule is Cc1ccc(N2CCN(CC(=O)Nc3sc(C(N)=O)c(C)c3C(=O)OC(C)C)CC2C)cc1. The van der Waals surface area contributed by atoms with Gasteiger partial charge >= 0.3 is 5.97 Å². The van der Waals surface area contributed by atoms with E-state index in [1.807, 2.05) is 0 Å². The van der Waals surface area contributed by atoms with Crippen LogP contribution in [0.1, 0.15) is 51.9 Å². The summed E-state index contributed by atoms with van der Waals surface area (Å²) in [4.78, 5) is 41.9. The number of benzene rings is 1. The Hall–Kier alpha value is -2.91. The maximum atomic E-state index is 12.8. The lowest BCUT2D eigenvalue weighted by Crippen LogP contribution is -2.53. The van der Waals surface area contributed by atoms with E-state index in [2.05, 4.69) is 53.2 Å². The number of thiophene rings is 1. The number of esters is 1. The molecule has 1 atom stereocenters. The van der Waals surface area contributed by atoms with Crippen LogP contribution in [0.15, 0.2) is 24.3 Å². The molecule has 33 heavy (non-hydrogen) atoms. The van der Waals surface area contributed by atoms with Crippen molar-refractivity contribution in [2.24, 2.45) is 5.73 Å². The van der Waals surface area contributed by atoms with Crippen molar-refractivity contribution >= 4 is 39.8 Å². The average molecular weight is 473 g/mol. The van der Waals surface area contributed by atoms with Crippen molar-refractivity contribution in [3.63, 3.8) is 0 Å². The molecule has 1 aromatic carbocycles. The molecular formula is C24H32N4O4S. The molecule has 1 aliphatic heterocycles. The second-order valence-corrected chi connectivity index (χ2v) is 9.76. The topological polar surface area (TPSA) is 105 Å². The van der Waals surface area contributed by atoms with E-state index in [1.54, 1.807) is 20.8 Å². The van der Waals surface area contributed by atoms with Crippen LogP contribution < -0.4 is 16.0 Å². The molecule has 2 heterocycles. The van der Waals surface area contributed by atoms with Crippen molar-refractivity contribution in [3.8, 4) is 0 Å². The Labute approximate surface area is 198 Å². The average Bonchev–Trinajstić information content (AvgIpc) is 3.04. The fraction of sp³-hybridized carbons (Fsp3) is 0.458. The van der Waals surface area contributed by atoms with E-state index in [-0.39, 0.29) is 35.0 Å². The summed E-state index contributed by atoms with van der Waals surface area (Å²) >= 11 is 1.01. The van der Waals surface area contributed by atoms with E-state index >= 15 is 0 Å². The fourth-order valence-electron chi connectivity index (χ4n) is 4.02. The van der Waals surface area contributed by atoms with Gasteiger partial charge in [-0.25, -0.2) is 4.79 Å². The number of primary amides is 1. The number of piperazine rings is 1. The van der Waals surface area contributed by atoms with Gasteiger partial charge in [-0.15, -0.1) is 11.3 Å². The summed E-state index contributed by atoms with van der Waals surface area (Å²) in [5.41, 5.74) is 8.47. The molecule has 3 rings (SSSR count). The Morgan fingerprint density at radius 2 is 1.85 bits per heavy atom. The van der Waals surface area contributed by atoms with E-state index in [0.29, 0.717) is 10.6 Å². The van der Waals surface area contributed by atoms with Crippen LogP contribution >= 0.6 is 11.3 Å². The molecule has 0 bridgehead atoms. The number of nitrogens with zero attached hydrogens (tertiary/aromatic N) is 2. The van der Waals surface area contributed by atoms with Gasteiger partial charge < -0.3 is 20.7 Å². The molecule has 1 aliphatic rings. The smallest absolute Gasteiger partial charge is 0.341 e. The summed E-state index contributed by atoms with van der Waals surface area (Å²) < 4.78 is 5.31. The monoisotopic (exact) mass is 472 g/mol. The van der Waals surface area contributed by atoms with Crippen LogP contribution in [0, 0.1) is 13.8 Å². The zero-order chi connectivity index (χ0) is 24.3. The molecule has 1 saturated heterocycles. The highest BCUT2D eigenvalue weighted by Crippen LogP contribution is 2.34. The number of rotatable bonds is 7. The summed E-state index contributed by atoms with van der Waals surface area (Å²) in [5.74, 6) is -1.47. The molecule has 8 nitrogen and oxygen atoms in total. The van der Waals surface area contributed by atoms with Gasteiger partial charge in [0.1, 0.15) is 5.00 Å². The molecule has 9 heteroatoms. The fourth-order valence-corrected chi connectivity index (χ4v) is 5.08. The van der Waals surface area contributed by atoms with E-state index in [9.17, 15) is 14.4 Å². The van der Waals surface area contributed by atoms with Crippen molar-refractivity contribution in [3.05, 3.63) is 45.8 Å². The minimum atomic E-state index is -0.641. The van der Waals surface area contributed by atoms with Crippen molar-refractivity contribution < 1.29 is 19.1 Å². The number of hydrogen-bond donors (Lipinski definition) is 2. The predicted molar refractivity (Wildman–Crippen MR) is 131 cm³/mol. The first-order chi connectivity index (χ1) is 15.6. The molecule has 0 spiro atoms. The zero-order valence-corrected chi connectivity index (χ0v) is 20.6. The van der Waals surface area contributed by atoms with Crippen molar-refractivity contribution in [1.82, 2.24) is 4.90 Å². The first-order valence-corrected chi connectivity index (χ1v) is 11.9. The molecule has 3 N–H and O–H groups in total. The minimum absolute atomic E-state index is 0.188. The van der Waals surface area contributed by atoms with Crippen LogP contribution in [0.4, 0.5) is 10.7 Å². The normalized spacial score (nSPS) is 16.7. The highest BCUT2D eigenvalue weighted by molar-refractivity contribution is 7.18. The summed E-state index contributed by atoms with van der Waals surface area (Å²) in [5, 5.41) is 3.10. The van der Waals surface area contributed by atoms with E-state index in [1.165, 1.54) is 11.3 Å². The van der Waals surface area contributed by atoms with Crippen LogP contribution in [0.2, 0.25) is 0 Å². The first kappa shape index (κ1) is 24.7. The maximum Gasteiger partial charge on any atom is 0.341 e. The summed E-state index contributed by atoms with van der Waals surface area (Å²) in [6.07, 6.45) is -0.330. The third-order valence-electron chi connectivity index (χ3n) is 5.61. The van der Waals surface area contributed by atoms with Crippen LogP contribution in [-0.4, -0.2) is 61.0 Å². The van der Waals surface area contributed by atoms with Crippen LogP contribution in [0.5, 0.6) is 0 Å². The maximum absolute atomic E-state index is 12.8. The van der Waals surface area contributed by atoms with Crippen LogP contribution in [0.25, 0.3) is 0 Å². The minimum Gasteiger partial charge on any atom is -0.459 e. The first-order valence-electron chi connectivity index (χ1n) is 11.1. The van der Waals surface area contributed by atoms with E-state index in [4.69, 9.17) is 10.5 Å². The molecule has 0 aliphatic carbocycles. The lowest BCUT2D eigenvalue weighted by molar-refractivity contribution is -0.117. The molecule has 1 fully saturated rings. The van der Waals surface area contributed by atoms with E-state index < -0.39 is 11.9 Å². The third kappa shape index (κ3) is 5.91. The van der Waals surface area contributed by atoms with Gasteiger partial charge in [0, 0.05) is 31.4 Å². The van der Waals surface area contributed by atoms with Gasteiger partial charge in [-0.05, 0) is 52.3 Å². The molecule has 2 aromatic rings. The van der Waals surface area contributed by atoms with Gasteiger partial charge in [0.25, 0.3) is 5.91 Å². The molecule has 1 unspecified atom stereocenters. The number of nitrogens with one attached hydrogen (secondary N) is 1. The molecule has 0 saturated carbocycles. The molecule has 1 aromatic heterocycles. The van der Waals surface area contributed by atoms with Gasteiger partial charge in [-0.1, -0.05) is 17.7 Å². The number of ether oxygens (including phenoxy) is 1. The standard InChI is InChI=1S/C24H32N4O4S/c1-14(2)32-24(31)20-17(5)21(22(25)30)33-23(20)26-19(29)13-27-10-11-28(16(4)12-27)18-8-6-15(3)7-9-18/h6-9,14,16H,10-13H2,1-5H3,(H2,25,30)(H,26,29). The second kappa shape index (κ2) is 10.4. The highest BCUT2D eigenvalue weighted by Gasteiger charge is 2.28. The van der Waals surface area contributed by atoms with Crippen LogP contribution in [-0.2, 0) is 9.53 Å².